The molecule has 0 aliphatic carbocycles. The van der Waals surface area contributed by atoms with Crippen LogP contribution in [0.4, 0.5) is 5.69 Å². The van der Waals surface area contributed by atoms with Crippen LogP contribution in [0.15, 0.2) is 24.3 Å². The molecule has 0 unspecified atom stereocenters. The van der Waals surface area contributed by atoms with Crippen LogP contribution < -0.4 is 0 Å². The lowest BCUT2D eigenvalue weighted by molar-refractivity contribution is -0.384. The fraction of sp³-hybridized carbons (Fsp3) is 0.143. The predicted molar refractivity (Wildman–Crippen MR) is 48.2 cm³/mol. The Bertz CT molecular complexity index is 262. The third-order valence-electron chi connectivity index (χ3n) is 1.21. The first kappa shape index (κ1) is 10.1. The number of rotatable bonds is 1. The minimum Gasteiger partial charge on any atom is -0.258 e. The van der Waals surface area contributed by atoms with Gasteiger partial charge in [0, 0.05) is 12.1 Å². The Hall–Kier alpha value is -0.900. The van der Waals surface area contributed by atoms with Crippen molar-refractivity contribution >= 4 is 22.7 Å². The third-order valence-corrected chi connectivity index (χ3v) is 1.21. The average Bonchev–Trinajstić information content (AvgIpc) is 1.88. The quantitative estimate of drug-likeness (QED) is 0.536. The summed E-state index contributed by atoms with van der Waals surface area (Å²) in [4.78, 5) is 9.76. The van der Waals surface area contributed by atoms with Crippen molar-refractivity contribution < 1.29 is 4.92 Å². The van der Waals surface area contributed by atoms with E-state index in [1.807, 2.05) is 13.0 Å². The molecule has 60 valence electrons. The Morgan fingerprint density at radius 1 is 1.45 bits per heavy atom. The topological polar surface area (TPSA) is 43.1 Å². The molecular weight excluding hydrogens is 210 g/mol. The summed E-state index contributed by atoms with van der Waals surface area (Å²) in [7, 11) is 0. The van der Waals surface area contributed by atoms with Gasteiger partial charge in [-0.05, 0) is 12.5 Å². The molecule has 0 bridgehead atoms. The van der Waals surface area contributed by atoms with Gasteiger partial charge in [-0.3, -0.25) is 10.1 Å². The van der Waals surface area contributed by atoms with Crippen LogP contribution in [0.2, 0.25) is 0 Å². The molecule has 0 radical (unpaired) electrons. The number of nitro groups is 1. The lowest BCUT2D eigenvalue weighted by Crippen LogP contribution is -1.86. The molecule has 4 heteroatoms. The molecule has 11 heavy (non-hydrogen) atoms. The van der Waals surface area contributed by atoms with Gasteiger partial charge in [0.2, 0.25) is 0 Å². The summed E-state index contributed by atoms with van der Waals surface area (Å²) in [5.74, 6) is 0. The number of aryl methyl sites for hydroxylation is 1. The second-order valence-electron chi connectivity index (χ2n) is 2.10. The minimum absolute atomic E-state index is 0. The van der Waals surface area contributed by atoms with Crippen LogP contribution in [0, 0.1) is 17.0 Å². The molecule has 0 fully saturated rings. The Kier molecular flexibility index (Phi) is 3.74. The van der Waals surface area contributed by atoms with Gasteiger partial charge in [0.15, 0.2) is 0 Å². The summed E-state index contributed by atoms with van der Waals surface area (Å²) in [6.45, 7) is 1.83. The molecule has 1 rings (SSSR count). The van der Waals surface area contributed by atoms with Gasteiger partial charge in [-0.2, -0.15) is 0 Å². The molecule has 0 saturated heterocycles. The van der Waals surface area contributed by atoms with Crippen molar-refractivity contribution in [1.82, 2.24) is 0 Å². The summed E-state index contributed by atoms with van der Waals surface area (Å²) in [6, 6.07) is 6.52. The number of non-ortho nitro benzene ring substituents is 1. The molecule has 0 aliphatic heterocycles. The van der Waals surface area contributed by atoms with E-state index in [1.165, 1.54) is 6.07 Å². The standard InChI is InChI=1S/C7H7NO2.BrH/c1-6-3-2-4-7(5-6)8(9)10;/h2-5H,1H3;1H. The van der Waals surface area contributed by atoms with E-state index in [4.69, 9.17) is 0 Å². The van der Waals surface area contributed by atoms with Gasteiger partial charge < -0.3 is 0 Å². The van der Waals surface area contributed by atoms with Crippen LogP contribution in [-0.2, 0) is 0 Å². The highest BCUT2D eigenvalue weighted by molar-refractivity contribution is 8.93. The van der Waals surface area contributed by atoms with Crippen molar-refractivity contribution in [2.75, 3.05) is 0 Å². The van der Waals surface area contributed by atoms with Gasteiger partial charge >= 0.3 is 0 Å². The van der Waals surface area contributed by atoms with Crippen molar-refractivity contribution in [2.24, 2.45) is 0 Å². The first-order chi connectivity index (χ1) is 4.70. The molecular formula is C7H8BrNO2. The number of nitrogens with zero attached hydrogens (tertiary/aromatic N) is 1. The normalized spacial score (nSPS) is 8.45. The van der Waals surface area contributed by atoms with Gasteiger partial charge in [0.1, 0.15) is 0 Å². The molecule has 0 aromatic heterocycles. The monoisotopic (exact) mass is 217 g/mol. The Balaban J connectivity index is 0.000001000. The zero-order valence-corrected chi connectivity index (χ0v) is 7.69. The fourth-order valence-electron chi connectivity index (χ4n) is 0.742. The van der Waals surface area contributed by atoms with Crippen LogP contribution in [0.5, 0.6) is 0 Å². The van der Waals surface area contributed by atoms with Gasteiger partial charge in [0.05, 0.1) is 4.92 Å². The maximum atomic E-state index is 10.2. The minimum atomic E-state index is -0.396. The number of nitro benzene ring substituents is 1. The van der Waals surface area contributed by atoms with E-state index in [0.717, 1.165) is 5.56 Å². The summed E-state index contributed by atoms with van der Waals surface area (Å²) in [5.41, 5.74) is 1.06. The van der Waals surface area contributed by atoms with Crippen LogP contribution in [0.25, 0.3) is 0 Å². The molecule has 1 aromatic rings. The molecule has 0 heterocycles. The van der Waals surface area contributed by atoms with Crippen molar-refractivity contribution in [3.63, 3.8) is 0 Å². The van der Waals surface area contributed by atoms with Crippen LogP contribution >= 0.6 is 17.0 Å². The first-order valence-corrected chi connectivity index (χ1v) is 2.91. The summed E-state index contributed by atoms with van der Waals surface area (Å²) < 4.78 is 0. The van der Waals surface area contributed by atoms with E-state index in [9.17, 15) is 10.1 Å². The smallest absolute Gasteiger partial charge is 0.258 e. The van der Waals surface area contributed by atoms with Crippen molar-refractivity contribution in [3.05, 3.63) is 39.9 Å². The highest BCUT2D eigenvalue weighted by Crippen LogP contribution is 2.11. The molecule has 0 saturated carbocycles. The zero-order valence-electron chi connectivity index (χ0n) is 5.98. The lowest BCUT2D eigenvalue weighted by Gasteiger charge is -1.90. The summed E-state index contributed by atoms with van der Waals surface area (Å²) in [5, 5.41) is 10.2. The molecule has 0 spiro atoms. The Morgan fingerprint density at radius 2 is 2.09 bits per heavy atom. The average molecular weight is 218 g/mol. The second kappa shape index (κ2) is 4.08. The van der Waals surface area contributed by atoms with Crippen LogP contribution in [0.3, 0.4) is 0 Å². The largest absolute Gasteiger partial charge is 0.269 e. The highest BCUT2D eigenvalue weighted by Gasteiger charge is 2.01. The van der Waals surface area contributed by atoms with Crippen molar-refractivity contribution in [3.8, 4) is 0 Å². The first-order valence-electron chi connectivity index (χ1n) is 2.91. The van der Waals surface area contributed by atoms with Gasteiger partial charge in [-0.25, -0.2) is 0 Å². The maximum Gasteiger partial charge on any atom is 0.269 e. The number of hydrogen-bond donors (Lipinski definition) is 0. The Labute approximate surface area is 75.0 Å². The van der Waals surface area contributed by atoms with E-state index >= 15 is 0 Å². The molecule has 0 N–H and O–H groups in total. The molecule has 0 amide bonds. The molecule has 1 aromatic carbocycles. The number of benzene rings is 1. The molecule has 3 nitrogen and oxygen atoms in total. The number of hydrogen-bond acceptors (Lipinski definition) is 2. The lowest BCUT2D eigenvalue weighted by atomic mass is 10.2. The molecule has 0 aliphatic rings. The fourth-order valence-corrected chi connectivity index (χ4v) is 0.742. The van der Waals surface area contributed by atoms with E-state index in [1.54, 1.807) is 12.1 Å². The van der Waals surface area contributed by atoms with E-state index < -0.39 is 4.92 Å². The molecule has 0 atom stereocenters. The van der Waals surface area contributed by atoms with Crippen molar-refractivity contribution in [1.29, 1.82) is 0 Å². The van der Waals surface area contributed by atoms with Gasteiger partial charge in [0.25, 0.3) is 5.69 Å². The van der Waals surface area contributed by atoms with Crippen molar-refractivity contribution in [2.45, 2.75) is 6.92 Å². The van der Waals surface area contributed by atoms with E-state index in [0.29, 0.717) is 0 Å². The summed E-state index contributed by atoms with van der Waals surface area (Å²) >= 11 is 0. The maximum absolute atomic E-state index is 10.2. The second-order valence-corrected chi connectivity index (χ2v) is 2.10. The zero-order chi connectivity index (χ0) is 7.56. The number of halogens is 1. The summed E-state index contributed by atoms with van der Waals surface area (Å²) in [6.07, 6.45) is 0. The van der Waals surface area contributed by atoms with Crippen LogP contribution in [0.1, 0.15) is 5.56 Å². The Morgan fingerprint density at radius 3 is 2.45 bits per heavy atom. The SMILES string of the molecule is Br.Cc1cccc([N+](=O)[O-])c1. The highest BCUT2D eigenvalue weighted by atomic mass is 79.9. The third kappa shape index (κ3) is 2.67. The van der Waals surface area contributed by atoms with Gasteiger partial charge in [-0.1, -0.05) is 12.1 Å². The predicted octanol–water partition coefficient (Wildman–Crippen LogP) is 2.48. The van der Waals surface area contributed by atoms with Gasteiger partial charge in [-0.15, -0.1) is 17.0 Å². The van der Waals surface area contributed by atoms with Crippen LogP contribution in [-0.4, -0.2) is 4.92 Å². The van der Waals surface area contributed by atoms with E-state index in [-0.39, 0.29) is 22.7 Å². The van der Waals surface area contributed by atoms with E-state index in [2.05, 4.69) is 0 Å².